The van der Waals surface area contributed by atoms with Gasteiger partial charge in [-0.15, -0.1) is 0 Å². The highest BCUT2D eigenvalue weighted by Gasteiger charge is 2.11. The molecular formula is C21H27N3O3. The number of amides is 2. The molecule has 6 nitrogen and oxygen atoms in total. The average Bonchev–Trinajstić information content (AvgIpc) is 2.71. The van der Waals surface area contributed by atoms with Gasteiger partial charge in [-0.05, 0) is 29.3 Å². The smallest absolute Gasteiger partial charge is 0.239 e. The second-order valence-corrected chi connectivity index (χ2v) is 6.75. The molecule has 0 unspecified atom stereocenters. The summed E-state index contributed by atoms with van der Waals surface area (Å²) in [7, 11) is 0. The normalized spacial score (nSPS) is 14.8. The lowest BCUT2D eigenvalue weighted by atomic mass is 10.0. The number of carbonyl (C=O) groups excluding carboxylic acids is 2. The van der Waals surface area contributed by atoms with Gasteiger partial charge in [-0.25, -0.2) is 0 Å². The van der Waals surface area contributed by atoms with Gasteiger partial charge in [0.2, 0.25) is 11.8 Å². The van der Waals surface area contributed by atoms with E-state index >= 15 is 0 Å². The molecule has 0 atom stereocenters. The Morgan fingerprint density at radius 2 is 1.74 bits per heavy atom. The fourth-order valence-corrected chi connectivity index (χ4v) is 3.28. The van der Waals surface area contributed by atoms with Crippen molar-refractivity contribution in [1.29, 1.82) is 0 Å². The molecule has 1 fully saturated rings. The first-order valence-electron chi connectivity index (χ1n) is 9.52. The number of nitrogens with one attached hydrogen (secondary N) is 2. The minimum atomic E-state index is -0.150. The first-order chi connectivity index (χ1) is 13.2. The average molecular weight is 369 g/mol. The Morgan fingerprint density at radius 3 is 2.59 bits per heavy atom. The third-order valence-corrected chi connectivity index (χ3v) is 4.75. The molecule has 3 rings (SSSR count). The van der Waals surface area contributed by atoms with Gasteiger partial charge in [-0.3, -0.25) is 14.5 Å². The molecule has 1 heterocycles. The number of ether oxygens (including phenoxy) is 1. The molecule has 1 aliphatic heterocycles. The standard InChI is InChI=1S/C21H27N3O3/c25-20(15-18-7-3-6-17-5-1-2-8-19(17)18)23-16-21(26)22-9-4-10-24-11-13-27-14-12-24/h1-3,5-8H,4,9-16H2,(H,22,26)(H,23,25). The Labute approximate surface area is 159 Å². The van der Waals surface area contributed by atoms with Crippen molar-refractivity contribution in [3.05, 3.63) is 48.0 Å². The number of carbonyl (C=O) groups is 2. The van der Waals surface area contributed by atoms with Crippen LogP contribution in [0.3, 0.4) is 0 Å². The van der Waals surface area contributed by atoms with E-state index in [4.69, 9.17) is 4.74 Å². The van der Waals surface area contributed by atoms with Crippen molar-refractivity contribution in [2.24, 2.45) is 0 Å². The van der Waals surface area contributed by atoms with Crippen LogP contribution in [0.2, 0.25) is 0 Å². The highest BCUT2D eigenvalue weighted by atomic mass is 16.5. The maximum absolute atomic E-state index is 12.2. The molecule has 0 aliphatic carbocycles. The quantitative estimate of drug-likeness (QED) is 0.689. The number of hydrogen-bond donors (Lipinski definition) is 2. The zero-order chi connectivity index (χ0) is 18.9. The lowest BCUT2D eigenvalue weighted by molar-refractivity contribution is -0.125. The molecule has 2 aromatic rings. The minimum absolute atomic E-state index is 0.0150. The fraction of sp³-hybridized carbons (Fsp3) is 0.429. The molecule has 0 spiro atoms. The molecule has 0 radical (unpaired) electrons. The van der Waals surface area contributed by atoms with Gasteiger partial charge in [0.25, 0.3) is 0 Å². The van der Waals surface area contributed by atoms with Crippen LogP contribution in [-0.4, -0.2) is 62.7 Å². The number of nitrogens with zero attached hydrogens (tertiary/aromatic N) is 1. The fourth-order valence-electron chi connectivity index (χ4n) is 3.28. The molecule has 0 aromatic heterocycles. The second kappa shape index (κ2) is 10.0. The van der Waals surface area contributed by atoms with Gasteiger partial charge in [-0.1, -0.05) is 42.5 Å². The third-order valence-electron chi connectivity index (χ3n) is 4.75. The van der Waals surface area contributed by atoms with Crippen LogP contribution in [0.5, 0.6) is 0 Å². The summed E-state index contributed by atoms with van der Waals surface area (Å²) >= 11 is 0. The van der Waals surface area contributed by atoms with E-state index in [2.05, 4.69) is 15.5 Å². The first kappa shape index (κ1) is 19.3. The topological polar surface area (TPSA) is 70.7 Å². The van der Waals surface area contributed by atoms with Crippen LogP contribution in [0.15, 0.2) is 42.5 Å². The minimum Gasteiger partial charge on any atom is -0.379 e. The van der Waals surface area contributed by atoms with Crippen molar-refractivity contribution in [2.45, 2.75) is 12.8 Å². The lowest BCUT2D eigenvalue weighted by Gasteiger charge is -2.26. The summed E-state index contributed by atoms with van der Waals surface area (Å²) in [5.74, 6) is -0.293. The van der Waals surface area contributed by atoms with Crippen molar-refractivity contribution < 1.29 is 14.3 Å². The monoisotopic (exact) mass is 369 g/mol. The number of benzene rings is 2. The zero-order valence-corrected chi connectivity index (χ0v) is 15.6. The van der Waals surface area contributed by atoms with E-state index < -0.39 is 0 Å². The van der Waals surface area contributed by atoms with Crippen molar-refractivity contribution in [3.63, 3.8) is 0 Å². The predicted octanol–water partition coefficient (Wildman–Crippen LogP) is 1.34. The molecule has 2 aromatic carbocycles. The molecule has 2 N–H and O–H groups in total. The van der Waals surface area contributed by atoms with E-state index in [-0.39, 0.29) is 24.8 Å². The van der Waals surface area contributed by atoms with Crippen molar-refractivity contribution in [3.8, 4) is 0 Å². The Balaban J connectivity index is 1.35. The van der Waals surface area contributed by atoms with Gasteiger partial charge in [0, 0.05) is 19.6 Å². The van der Waals surface area contributed by atoms with E-state index in [1.54, 1.807) is 0 Å². The highest BCUT2D eigenvalue weighted by molar-refractivity contribution is 5.91. The molecule has 27 heavy (non-hydrogen) atoms. The van der Waals surface area contributed by atoms with E-state index in [0.717, 1.165) is 55.6 Å². The number of hydrogen-bond acceptors (Lipinski definition) is 4. The molecule has 144 valence electrons. The lowest BCUT2D eigenvalue weighted by Crippen LogP contribution is -2.40. The van der Waals surface area contributed by atoms with E-state index in [1.165, 1.54) is 0 Å². The van der Waals surface area contributed by atoms with Crippen LogP contribution in [0, 0.1) is 0 Å². The maximum atomic E-state index is 12.2. The molecule has 2 amide bonds. The SMILES string of the molecule is O=C(CNC(=O)Cc1cccc2ccccc12)NCCCN1CCOCC1. The first-order valence-corrected chi connectivity index (χ1v) is 9.52. The van der Waals surface area contributed by atoms with Crippen LogP contribution in [-0.2, 0) is 20.7 Å². The molecule has 1 saturated heterocycles. The van der Waals surface area contributed by atoms with Crippen LogP contribution in [0.4, 0.5) is 0 Å². The van der Waals surface area contributed by atoms with Gasteiger partial charge in [0.1, 0.15) is 0 Å². The van der Waals surface area contributed by atoms with Gasteiger partial charge in [-0.2, -0.15) is 0 Å². The Bertz CT molecular complexity index is 767. The Morgan fingerprint density at radius 1 is 0.963 bits per heavy atom. The van der Waals surface area contributed by atoms with Crippen LogP contribution < -0.4 is 10.6 Å². The molecule has 0 saturated carbocycles. The number of rotatable bonds is 8. The third kappa shape index (κ3) is 6.05. The largest absolute Gasteiger partial charge is 0.379 e. The van der Waals surface area contributed by atoms with Crippen LogP contribution in [0.1, 0.15) is 12.0 Å². The van der Waals surface area contributed by atoms with Gasteiger partial charge >= 0.3 is 0 Å². The number of fused-ring (bicyclic) bond motifs is 1. The Hall–Kier alpha value is -2.44. The van der Waals surface area contributed by atoms with Gasteiger partial charge in [0.05, 0.1) is 26.2 Å². The van der Waals surface area contributed by atoms with E-state index in [9.17, 15) is 9.59 Å². The predicted molar refractivity (Wildman–Crippen MR) is 106 cm³/mol. The zero-order valence-electron chi connectivity index (χ0n) is 15.6. The summed E-state index contributed by atoms with van der Waals surface area (Å²) in [6, 6.07) is 13.9. The van der Waals surface area contributed by atoms with Gasteiger partial charge < -0.3 is 15.4 Å². The summed E-state index contributed by atoms with van der Waals surface area (Å²) in [6.45, 7) is 5.08. The summed E-state index contributed by atoms with van der Waals surface area (Å²) in [4.78, 5) is 26.4. The summed E-state index contributed by atoms with van der Waals surface area (Å²) in [6.07, 6.45) is 1.17. The van der Waals surface area contributed by atoms with Crippen molar-refractivity contribution >= 4 is 22.6 Å². The number of morpholine rings is 1. The van der Waals surface area contributed by atoms with Crippen molar-refractivity contribution in [2.75, 3.05) is 45.9 Å². The summed E-state index contributed by atoms with van der Waals surface area (Å²) in [5, 5.41) is 7.75. The van der Waals surface area contributed by atoms with Crippen LogP contribution >= 0.6 is 0 Å². The Kier molecular flexibility index (Phi) is 7.19. The summed E-state index contributed by atoms with van der Waals surface area (Å²) < 4.78 is 5.31. The molecule has 1 aliphatic rings. The van der Waals surface area contributed by atoms with Crippen LogP contribution in [0.25, 0.3) is 10.8 Å². The molecule has 0 bridgehead atoms. The van der Waals surface area contributed by atoms with Gasteiger partial charge in [0.15, 0.2) is 0 Å². The maximum Gasteiger partial charge on any atom is 0.239 e. The molecular weight excluding hydrogens is 342 g/mol. The summed E-state index contributed by atoms with van der Waals surface area (Å²) in [5.41, 5.74) is 0.969. The van der Waals surface area contributed by atoms with E-state index in [1.807, 2.05) is 42.5 Å². The van der Waals surface area contributed by atoms with E-state index in [0.29, 0.717) is 6.54 Å². The highest BCUT2D eigenvalue weighted by Crippen LogP contribution is 2.18. The van der Waals surface area contributed by atoms with Crippen molar-refractivity contribution in [1.82, 2.24) is 15.5 Å². The second-order valence-electron chi connectivity index (χ2n) is 6.75. The molecule has 6 heteroatoms.